The van der Waals surface area contributed by atoms with Crippen LogP contribution in [0.1, 0.15) is 27.2 Å². The average molecular weight is 385 g/mol. The van der Waals surface area contributed by atoms with Crippen molar-refractivity contribution in [3.05, 3.63) is 41.8 Å². The predicted molar refractivity (Wildman–Crippen MR) is 108 cm³/mol. The van der Waals surface area contributed by atoms with Gasteiger partial charge in [-0.15, -0.1) is 11.3 Å². The summed E-state index contributed by atoms with van der Waals surface area (Å²) in [6.45, 7) is 7.29. The molecule has 1 aliphatic heterocycles. The van der Waals surface area contributed by atoms with E-state index in [9.17, 15) is 5.11 Å². The number of aromatic nitrogens is 2. The number of ether oxygens (including phenoxy) is 1. The van der Waals surface area contributed by atoms with Gasteiger partial charge in [0.25, 0.3) is 0 Å². The fourth-order valence-electron chi connectivity index (χ4n) is 3.24. The second kappa shape index (κ2) is 7.16. The summed E-state index contributed by atoms with van der Waals surface area (Å²) >= 11 is 1.62. The molecule has 0 bridgehead atoms. The van der Waals surface area contributed by atoms with E-state index >= 15 is 0 Å². The zero-order valence-electron chi connectivity index (χ0n) is 15.8. The molecule has 3 aromatic rings. The van der Waals surface area contributed by atoms with Crippen molar-refractivity contribution in [1.29, 1.82) is 0 Å². The van der Waals surface area contributed by atoms with Crippen molar-refractivity contribution in [1.82, 2.24) is 15.0 Å². The van der Waals surface area contributed by atoms with E-state index in [1.165, 1.54) is 0 Å². The first-order valence-corrected chi connectivity index (χ1v) is 10.0. The van der Waals surface area contributed by atoms with Gasteiger partial charge in [0.05, 0.1) is 16.0 Å². The van der Waals surface area contributed by atoms with Crippen LogP contribution in [0.15, 0.2) is 41.8 Å². The minimum absolute atomic E-state index is 0.441. The minimum atomic E-state index is -1.02. The van der Waals surface area contributed by atoms with E-state index in [4.69, 9.17) is 14.7 Å². The minimum Gasteiger partial charge on any atom is -0.354 e. The van der Waals surface area contributed by atoms with Gasteiger partial charge in [0, 0.05) is 18.5 Å². The number of anilines is 1. The number of aliphatic hydroxyl groups excluding tert-OH is 1. The summed E-state index contributed by atoms with van der Waals surface area (Å²) in [5.74, 6) is 1.51. The van der Waals surface area contributed by atoms with Gasteiger partial charge in [-0.3, -0.25) is 5.01 Å². The number of para-hydroxylation sites is 1. The zero-order chi connectivity index (χ0) is 19.0. The van der Waals surface area contributed by atoms with Crippen molar-refractivity contribution < 1.29 is 9.84 Å². The molecule has 4 rings (SSSR count). The molecule has 142 valence electrons. The Morgan fingerprint density at radius 2 is 1.93 bits per heavy atom. The van der Waals surface area contributed by atoms with Crippen molar-refractivity contribution in [3.63, 3.8) is 0 Å². The SMILES string of the molecule is CC(C)(C)OC(O)N1CCCN1c1nc(-c2cccs2)nc2ccccc12. The molecule has 0 amide bonds. The Bertz CT molecular complexity index is 923. The van der Waals surface area contributed by atoms with Crippen molar-refractivity contribution in [2.45, 2.75) is 39.2 Å². The maximum Gasteiger partial charge on any atom is 0.233 e. The summed E-state index contributed by atoms with van der Waals surface area (Å²) in [7, 11) is 0. The fraction of sp³-hybridized carbons (Fsp3) is 0.400. The van der Waals surface area contributed by atoms with Gasteiger partial charge in [-0.1, -0.05) is 18.2 Å². The molecule has 3 heterocycles. The van der Waals surface area contributed by atoms with E-state index < -0.39 is 12.0 Å². The molecule has 1 fully saturated rings. The largest absolute Gasteiger partial charge is 0.354 e. The van der Waals surface area contributed by atoms with E-state index in [0.29, 0.717) is 12.4 Å². The van der Waals surface area contributed by atoms with E-state index in [0.717, 1.165) is 34.6 Å². The lowest BCUT2D eigenvalue weighted by atomic mass is 10.2. The number of aliphatic hydroxyl groups is 1. The molecule has 1 aliphatic rings. The molecule has 0 spiro atoms. The molecular weight excluding hydrogens is 360 g/mol. The Morgan fingerprint density at radius 3 is 2.67 bits per heavy atom. The number of thiophene rings is 1. The van der Waals surface area contributed by atoms with Crippen LogP contribution in [-0.4, -0.2) is 45.2 Å². The monoisotopic (exact) mass is 384 g/mol. The van der Waals surface area contributed by atoms with Gasteiger partial charge in [-0.25, -0.2) is 9.97 Å². The summed E-state index contributed by atoms with van der Waals surface area (Å²) in [5.41, 5.74) is 0.452. The summed E-state index contributed by atoms with van der Waals surface area (Å²) in [6.07, 6.45) is -0.0940. The third kappa shape index (κ3) is 3.82. The Kier molecular flexibility index (Phi) is 4.86. The molecule has 6 nitrogen and oxygen atoms in total. The smallest absolute Gasteiger partial charge is 0.233 e. The average Bonchev–Trinajstić information content (AvgIpc) is 3.31. The third-order valence-electron chi connectivity index (χ3n) is 4.35. The molecule has 0 saturated carbocycles. The number of nitrogens with zero attached hydrogens (tertiary/aromatic N) is 4. The zero-order valence-corrected chi connectivity index (χ0v) is 16.6. The Morgan fingerprint density at radius 1 is 1.11 bits per heavy atom. The van der Waals surface area contributed by atoms with Crippen LogP contribution in [0.25, 0.3) is 21.6 Å². The lowest BCUT2D eigenvalue weighted by Crippen LogP contribution is -2.48. The lowest BCUT2D eigenvalue weighted by Gasteiger charge is -2.35. The summed E-state index contributed by atoms with van der Waals surface area (Å²) < 4.78 is 5.79. The second-order valence-corrected chi connectivity index (χ2v) is 8.51. The molecule has 2 aromatic heterocycles. The lowest BCUT2D eigenvalue weighted by molar-refractivity contribution is -0.236. The number of benzene rings is 1. The Hall–Kier alpha value is -2.06. The molecule has 1 unspecified atom stereocenters. The van der Waals surface area contributed by atoms with Gasteiger partial charge in [-0.2, -0.15) is 5.01 Å². The standard InChI is InChI=1S/C20H24N4O2S/c1-20(2,3)26-19(25)24-12-7-11-23(24)18-14-8-4-5-9-15(14)21-17(22-18)16-10-6-13-27-16/h4-6,8-10,13,19,25H,7,11-12H2,1-3H3. The normalized spacial score (nSPS) is 17.0. The van der Waals surface area contributed by atoms with Gasteiger partial charge < -0.3 is 9.84 Å². The van der Waals surface area contributed by atoms with Gasteiger partial charge >= 0.3 is 0 Å². The van der Waals surface area contributed by atoms with E-state index in [1.54, 1.807) is 11.3 Å². The topological polar surface area (TPSA) is 61.7 Å². The highest BCUT2D eigenvalue weighted by Gasteiger charge is 2.33. The number of hydrogen-bond donors (Lipinski definition) is 1. The highest BCUT2D eigenvalue weighted by Crippen LogP contribution is 2.32. The van der Waals surface area contributed by atoms with E-state index in [1.807, 2.05) is 72.6 Å². The number of hydrazine groups is 1. The van der Waals surface area contributed by atoms with Gasteiger partial charge in [0.15, 0.2) is 11.6 Å². The predicted octanol–water partition coefficient (Wildman–Crippen LogP) is 3.88. The van der Waals surface area contributed by atoms with Crippen LogP contribution in [0.4, 0.5) is 5.82 Å². The Labute approximate surface area is 163 Å². The highest BCUT2D eigenvalue weighted by atomic mass is 32.1. The first kappa shape index (κ1) is 18.3. The summed E-state index contributed by atoms with van der Waals surface area (Å²) in [4.78, 5) is 10.6. The molecule has 0 radical (unpaired) electrons. The fourth-order valence-corrected chi connectivity index (χ4v) is 3.90. The number of fused-ring (bicyclic) bond motifs is 1. The van der Waals surface area contributed by atoms with Crippen LogP contribution in [0.5, 0.6) is 0 Å². The Balaban J connectivity index is 1.77. The highest BCUT2D eigenvalue weighted by molar-refractivity contribution is 7.13. The van der Waals surface area contributed by atoms with Gasteiger partial charge in [0.1, 0.15) is 0 Å². The molecular formula is C20H24N4O2S. The first-order valence-electron chi connectivity index (χ1n) is 9.13. The van der Waals surface area contributed by atoms with Crippen molar-refractivity contribution >= 4 is 28.1 Å². The van der Waals surface area contributed by atoms with Gasteiger partial charge in [0.2, 0.25) is 6.41 Å². The maximum absolute atomic E-state index is 10.7. The third-order valence-corrected chi connectivity index (χ3v) is 5.22. The van der Waals surface area contributed by atoms with Gasteiger partial charge in [-0.05, 0) is 50.8 Å². The summed E-state index contributed by atoms with van der Waals surface area (Å²) in [5, 5.41) is 17.5. The van der Waals surface area contributed by atoms with Crippen molar-refractivity contribution in [2.24, 2.45) is 0 Å². The maximum atomic E-state index is 10.7. The molecule has 7 heteroatoms. The number of hydrogen-bond acceptors (Lipinski definition) is 7. The number of rotatable bonds is 4. The van der Waals surface area contributed by atoms with Crippen LogP contribution in [0, 0.1) is 0 Å². The van der Waals surface area contributed by atoms with Crippen LogP contribution in [-0.2, 0) is 4.74 Å². The molecule has 1 N–H and O–H groups in total. The quantitative estimate of drug-likeness (QED) is 0.689. The van der Waals surface area contributed by atoms with Crippen LogP contribution in [0.3, 0.4) is 0 Å². The van der Waals surface area contributed by atoms with Crippen LogP contribution >= 0.6 is 11.3 Å². The second-order valence-electron chi connectivity index (χ2n) is 7.56. The molecule has 1 saturated heterocycles. The summed E-state index contributed by atoms with van der Waals surface area (Å²) in [6, 6.07) is 12.0. The van der Waals surface area contributed by atoms with E-state index in [2.05, 4.69) is 0 Å². The molecule has 0 aliphatic carbocycles. The van der Waals surface area contributed by atoms with Crippen LogP contribution < -0.4 is 5.01 Å². The molecule has 1 aromatic carbocycles. The van der Waals surface area contributed by atoms with Crippen molar-refractivity contribution in [2.75, 3.05) is 18.1 Å². The first-order chi connectivity index (χ1) is 12.9. The van der Waals surface area contributed by atoms with E-state index in [-0.39, 0.29) is 0 Å². The molecule has 27 heavy (non-hydrogen) atoms. The molecule has 1 atom stereocenters. The van der Waals surface area contributed by atoms with Crippen LogP contribution in [0.2, 0.25) is 0 Å². The van der Waals surface area contributed by atoms with Crippen molar-refractivity contribution in [3.8, 4) is 10.7 Å².